The van der Waals surface area contributed by atoms with Gasteiger partial charge < -0.3 is 0 Å². The van der Waals surface area contributed by atoms with Crippen LogP contribution in [0.3, 0.4) is 0 Å². The summed E-state index contributed by atoms with van der Waals surface area (Å²) in [5.74, 6) is 0. The van der Waals surface area contributed by atoms with Crippen molar-refractivity contribution in [2.24, 2.45) is 0 Å². The number of halogens is 5. The Morgan fingerprint density at radius 3 is 0.667 bits per heavy atom. The minimum atomic E-state index is -9.26. The van der Waals surface area contributed by atoms with E-state index in [1.54, 1.807) is 0 Å². The van der Waals surface area contributed by atoms with E-state index in [0.717, 1.165) is 0 Å². The third-order valence-corrected chi connectivity index (χ3v) is 0. The molecular formula is F5Zr-. The molecule has 0 amide bonds. The van der Waals surface area contributed by atoms with Crippen molar-refractivity contribution < 1.29 is 35.0 Å². The van der Waals surface area contributed by atoms with Crippen molar-refractivity contribution in [2.45, 2.75) is 0 Å². The molecule has 0 nitrogen and oxygen atoms in total. The topological polar surface area (TPSA) is 0 Å². The first kappa shape index (κ1) is 6.53. The Balaban J connectivity index is 3.73. The SMILES string of the molecule is [F][Zr-]([F])([F])([F])[F]. The molecule has 0 rings (SSSR count). The summed E-state index contributed by atoms with van der Waals surface area (Å²) >= 11 is -9.26. The van der Waals surface area contributed by atoms with Crippen molar-refractivity contribution in [1.82, 2.24) is 0 Å². The summed E-state index contributed by atoms with van der Waals surface area (Å²) in [4.78, 5) is 0. The van der Waals surface area contributed by atoms with E-state index >= 15 is 0 Å². The molecule has 0 heterocycles. The quantitative estimate of drug-likeness (QED) is 0.508. The van der Waals surface area contributed by atoms with Gasteiger partial charge in [-0.3, -0.25) is 0 Å². The van der Waals surface area contributed by atoms with Gasteiger partial charge in [0.25, 0.3) is 0 Å². The average Bonchev–Trinajstić information content (AvgIpc) is 0.650. The van der Waals surface area contributed by atoms with Crippen LogP contribution in [0.25, 0.3) is 0 Å². The third kappa shape index (κ3) is 199. The van der Waals surface area contributed by atoms with Crippen LogP contribution in [0.4, 0.5) is 13.1 Å². The van der Waals surface area contributed by atoms with Crippen LogP contribution in [0.5, 0.6) is 0 Å². The number of rotatable bonds is 0. The molecule has 6 heavy (non-hydrogen) atoms. The Bertz CT molecular complexity index is 37.1. The van der Waals surface area contributed by atoms with E-state index in [-0.39, 0.29) is 0 Å². The second-order valence-electron chi connectivity index (χ2n) is 0.714. The molecule has 0 atom stereocenters. The Kier molecular flexibility index (Phi) is 1.12. The van der Waals surface area contributed by atoms with Gasteiger partial charge in [0.2, 0.25) is 0 Å². The monoisotopic (exact) mass is 185 g/mol. The molecule has 0 aliphatic carbocycles. The Morgan fingerprint density at radius 2 is 0.667 bits per heavy atom. The molecular weight excluding hydrogens is 186 g/mol. The van der Waals surface area contributed by atoms with Gasteiger partial charge in [-0.1, -0.05) is 0 Å². The molecule has 0 aromatic carbocycles. The molecule has 6 heteroatoms. The zero-order valence-corrected chi connectivity index (χ0v) is 4.85. The zero-order valence-electron chi connectivity index (χ0n) is 2.39. The molecule has 0 aromatic heterocycles. The second kappa shape index (κ2) is 1.02. The van der Waals surface area contributed by atoms with E-state index in [2.05, 4.69) is 0 Å². The van der Waals surface area contributed by atoms with E-state index in [1.807, 2.05) is 0 Å². The van der Waals surface area contributed by atoms with Crippen LogP contribution >= 0.6 is 0 Å². The first-order valence-corrected chi connectivity index (χ1v) is 5.59. The minimum absolute atomic E-state index is 9.26. The molecule has 0 radical (unpaired) electrons. The summed E-state index contributed by atoms with van der Waals surface area (Å²) in [6, 6.07) is 0. The Hall–Kier alpha value is 0.533. The summed E-state index contributed by atoms with van der Waals surface area (Å²) in [6.45, 7) is 0. The third-order valence-electron chi connectivity index (χ3n) is 0. The molecule has 0 fully saturated rings. The fourth-order valence-corrected chi connectivity index (χ4v) is 0. The molecule has 0 aliphatic heterocycles. The second-order valence-corrected chi connectivity index (χ2v) is 4.23. The summed E-state index contributed by atoms with van der Waals surface area (Å²) in [5, 5.41) is 0. The first-order valence-electron chi connectivity index (χ1n) is 0.945. The van der Waals surface area contributed by atoms with Gasteiger partial charge in [0, 0.05) is 0 Å². The average molecular weight is 186 g/mol. The fraction of sp³-hybridized carbons (Fsp3) is 0. The van der Waals surface area contributed by atoms with Crippen LogP contribution in [-0.2, 0) is 21.8 Å². The standard InChI is InChI=1S/5FH.Zr/h5*1H;/q;;;;;+4/p-5. The Morgan fingerprint density at radius 1 is 0.667 bits per heavy atom. The van der Waals surface area contributed by atoms with Crippen LogP contribution in [0, 0.1) is 0 Å². The van der Waals surface area contributed by atoms with Crippen LogP contribution in [-0.4, -0.2) is 0 Å². The van der Waals surface area contributed by atoms with Gasteiger partial charge in [-0.2, -0.15) is 0 Å². The number of hydrogen-bond donors (Lipinski definition) is 0. The van der Waals surface area contributed by atoms with Crippen molar-refractivity contribution in [3.8, 4) is 0 Å². The van der Waals surface area contributed by atoms with Crippen molar-refractivity contribution in [2.75, 3.05) is 0 Å². The van der Waals surface area contributed by atoms with Crippen LogP contribution in [0.15, 0.2) is 0 Å². The molecule has 0 N–H and O–H groups in total. The predicted molar refractivity (Wildman–Crippen MR) is 5.54 cm³/mol. The summed E-state index contributed by atoms with van der Waals surface area (Å²) in [7, 11) is 0. The molecule has 40 valence electrons. The van der Waals surface area contributed by atoms with Crippen LogP contribution < -0.4 is 0 Å². The van der Waals surface area contributed by atoms with Gasteiger partial charge in [-0.25, -0.2) is 0 Å². The van der Waals surface area contributed by atoms with E-state index < -0.39 is 21.8 Å². The summed E-state index contributed by atoms with van der Waals surface area (Å²) in [5.41, 5.74) is 0. The first-order chi connectivity index (χ1) is 2.24. The van der Waals surface area contributed by atoms with Gasteiger partial charge in [-0.05, 0) is 0 Å². The fourth-order valence-electron chi connectivity index (χ4n) is 0. The molecule has 0 unspecified atom stereocenters. The van der Waals surface area contributed by atoms with Crippen molar-refractivity contribution in [3.05, 3.63) is 0 Å². The zero-order chi connectivity index (χ0) is 5.45. The van der Waals surface area contributed by atoms with Crippen molar-refractivity contribution in [3.63, 3.8) is 0 Å². The summed E-state index contributed by atoms with van der Waals surface area (Å²) in [6.07, 6.45) is 0. The van der Waals surface area contributed by atoms with Crippen molar-refractivity contribution >= 4 is 0 Å². The van der Waals surface area contributed by atoms with Gasteiger partial charge in [-0.15, -0.1) is 0 Å². The maximum absolute atomic E-state index is 9.92. The van der Waals surface area contributed by atoms with Crippen LogP contribution in [0.2, 0.25) is 0 Å². The van der Waals surface area contributed by atoms with Crippen LogP contribution in [0.1, 0.15) is 0 Å². The van der Waals surface area contributed by atoms with E-state index in [9.17, 15) is 13.1 Å². The van der Waals surface area contributed by atoms with Gasteiger partial charge in [0.15, 0.2) is 0 Å². The normalized spacial score (nSPS) is 19.2. The molecule has 0 saturated heterocycles. The van der Waals surface area contributed by atoms with E-state index in [4.69, 9.17) is 0 Å². The van der Waals surface area contributed by atoms with Gasteiger partial charge >= 0.3 is 35.0 Å². The molecule has 0 aromatic rings. The van der Waals surface area contributed by atoms with Crippen molar-refractivity contribution in [1.29, 1.82) is 0 Å². The van der Waals surface area contributed by atoms with Gasteiger partial charge in [0.05, 0.1) is 0 Å². The maximum atomic E-state index is 9.92. The summed E-state index contributed by atoms with van der Waals surface area (Å²) < 4.78 is 49.6. The molecule has 0 bridgehead atoms. The molecule has 0 saturated carbocycles. The predicted octanol–water partition coefficient (Wildman–Crippen LogP) is 2.10. The number of hydrogen-bond acceptors (Lipinski definition) is 0. The van der Waals surface area contributed by atoms with Gasteiger partial charge in [0.1, 0.15) is 0 Å². The molecule has 0 spiro atoms. The van der Waals surface area contributed by atoms with E-state index in [1.165, 1.54) is 0 Å². The molecule has 0 aliphatic rings. The van der Waals surface area contributed by atoms with E-state index in [0.29, 0.717) is 0 Å². The Labute approximate surface area is 35.5 Å².